The molecule has 0 aliphatic carbocycles. The highest BCUT2D eigenvalue weighted by Gasteiger charge is 2.32. The Labute approximate surface area is 159 Å². The van der Waals surface area contributed by atoms with Crippen molar-refractivity contribution in [3.05, 3.63) is 64.3 Å². The first-order chi connectivity index (χ1) is 12.9. The minimum atomic E-state index is -1.27. The molecule has 2 aromatic rings. The molecule has 7 nitrogen and oxygen atoms in total. The Morgan fingerprint density at radius 1 is 1.37 bits per heavy atom. The molecule has 0 unspecified atom stereocenters. The van der Waals surface area contributed by atoms with E-state index in [4.69, 9.17) is 26.2 Å². The molecule has 0 fully saturated rings. The molecule has 0 radical (unpaired) electrons. The fraction of sp³-hybridized carbons (Fsp3) is 0.158. The summed E-state index contributed by atoms with van der Waals surface area (Å²) in [5.74, 6) is -1.70. The number of rotatable bonds is 5. The average molecular weight is 390 g/mol. The number of carboxylic acid groups (broad SMARTS) is 1. The van der Waals surface area contributed by atoms with Gasteiger partial charge in [-0.05, 0) is 37.3 Å². The first-order valence-electron chi connectivity index (χ1n) is 8.06. The second-order valence-electron chi connectivity index (χ2n) is 5.63. The number of carboxylic acids is 1. The quantitative estimate of drug-likeness (QED) is 0.529. The highest BCUT2D eigenvalue weighted by atomic mass is 35.5. The van der Waals surface area contributed by atoms with Crippen LogP contribution in [-0.2, 0) is 4.74 Å². The predicted molar refractivity (Wildman–Crippen MR) is 98.6 cm³/mol. The van der Waals surface area contributed by atoms with E-state index < -0.39 is 18.0 Å². The van der Waals surface area contributed by atoms with E-state index in [2.05, 4.69) is 5.32 Å². The SMILES string of the molecule is CCO[C@@H]1Oc2ccc(Cl)cc2C(=O)/C1=C/Nc1cccc(C(=O)O)c1O. The van der Waals surface area contributed by atoms with Gasteiger partial charge in [0.15, 0.2) is 5.75 Å². The standard InChI is InChI=1S/C19H16ClNO6/c1-2-26-19-13(16(22)12-8-10(20)6-7-15(12)27-19)9-21-14-5-3-4-11(17(14)23)18(24)25/h3-9,19,21,23H,2H2,1H3,(H,24,25)/b13-9-/t19-/m1/s1. The van der Waals surface area contributed by atoms with Crippen molar-refractivity contribution in [3.8, 4) is 11.5 Å². The van der Waals surface area contributed by atoms with E-state index in [0.29, 0.717) is 17.4 Å². The van der Waals surface area contributed by atoms with Gasteiger partial charge in [0.05, 0.1) is 16.8 Å². The zero-order valence-electron chi connectivity index (χ0n) is 14.2. The highest BCUT2D eigenvalue weighted by molar-refractivity contribution is 6.31. The molecule has 0 spiro atoms. The van der Waals surface area contributed by atoms with Gasteiger partial charge in [0.2, 0.25) is 12.1 Å². The number of phenols is 1. The number of anilines is 1. The molecule has 1 aliphatic heterocycles. The lowest BCUT2D eigenvalue weighted by Gasteiger charge is -2.27. The number of para-hydroxylation sites is 1. The number of hydrogen-bond acceptors (Lipinski definition) is 6. The van der Waals surface area contributed by atoms with E-state index in [9.17, 15) is 14.7 Å². The van der Waals surface area contributed by atoms with Gasteiger partial charge in [-0.3, -0.25) is 4.79 Å². The number of fused-ring (bicyclic) bond motifs is 1. The number of halogens is 1. The van der Waals surface area contributed by atoms with Crippen LogP contribution in [0.25, 0.3) is 0 Å². The van der Waals surface area contributed by atoms with E-state index in [1.807, 2.05) is 0 Å². The first kappa shape index (κ1) is 18.8. The van der Waals surface area contributed by atoms with Gasteiger partial charge in [-0.1, -0.05) is 17.7 Å². The summed E-state index contributed by atoms with van der Waals surface area (Å²) in [4.78, 5) is 24.0. The molecule has 0 amide bonds. The monoisotopic (exact) mass is 389 g/mol. The van der Waals surface area contributed by atoms with Crippen LogP contribution in [0.3, 0.4) is 0 Å². The molecule has 0 bridgehead atoms. The molecule has 3 N–H and O–H groups in total. The van der Waals surface area contributed by atoms with Crippen LogP contribution in [0.5, 0.6) is 11.5 Å². The number of aromatic carboxylic acids is 1. The normalized spacial score (nSPS) is 17.3. The van der Waals surface area contributed by atoms with Gasteiger partial charge in [-0.2, -0.15) is 0 Å². The van der Waals surface area contributed by atoms with Gasteiger partial charge in [0.25, 0.3) is 0 Å². The van der Waals surface area contributed by atoms with Crippen molar-refractivity contribution in [2.24, 2.45) is 0 Å². The number of benzene rings is 2. The molecule has 0 saturated carbocycles. The van der Waals surface area contributed by atoms with Crippen molar-refractivity contribution >= 4 is 29.0 Å². The lowest BCUT2D eigenvalue weighted by Crippen LogP contribution is -2.33. The maximum Gasteiger partial charge on any atom is 0.339 e. The number of Topliss-reactive ketones (excluding diaryl/α,β-unsaturated/α-hetero) is 1. The average Bonchev–Trinajstić information content (AvgIpc) is 2.63. The third-order valence-corrected chi connectivity index (χ3v) is 4.14. The summed E-state index contributed by atoms with van der Waals surface area (Å²) < 4.78 is 11.2. The molecule has 1 atom stereocenters. The Hall–Kier alpha value is -3.03. The Morgan fingerprint density at radius 3 is 2.85 bits per heavy atom. The maximum atomic E-state index is 12.9. The van der Waals surface area contributed by atoms with Crippen LogP contribution >= 0.6 is 11.6 Å². The number of ketones is 1. The van der Waals surface area contributed by atoms with E-state index in [-0.39, 0.29) is 28.2 Å². The summed E-state index contributed by atoms with van der Waals surface area (Å²) in [5.41, 5.74) is 0.312. The van der Waals surface area contributed by atoms with Gasteiger partial charge < -0.3 is 25.0 Å². The van der Waals surface area contributed by atoms with Gasteiger partial charge >= 0.3 is 5.97 Å². The van der Waals surface area contributed by atoms with Gasteiger partial charge in [-0.15, -0.1) is 0 Å². The highest BCUT2D eigenvalue weighted by Crippen LogP contribution is 2.34. The van der Waals surface area contributed by atoms with Crippen LogP contribution in [0.1, 0.15) is 27.6 Å². The van der Waals surface area contributed by atoms with Crippen molar-refractivity contribution in [2.75, 3.05) is 11.9 Å². The largest absolute Gasteiger partial charge is 0.505 e. The Morgan fingerprint density at radius 2 is 2.15 bits per heavy atom. The molecule has 0 saturated heterocycles. The van der Waals surface area contributed by atoms with Gasteiger partial charge in [-0.25, -0.2) is 4.79 Å². The zero-order chi connectivity index (χ0) is 19.6. The first-order valence-corrected chi connectivity index (χ1v) is 8.44. The van der Waals surface area contributed by atoms with E-state index >= 15 is 0 Å². The van der Waals surface area contributed by atoms with E-state index in [1.165, 1.54) is 30.5 Å². The van der Waals surface area contributed by atoms with Crippen molar-refractivity contribution in [3.63, 3.8) is 0 Å². The topological polar surface area (TPSA) is 105 Å². The molecule has 1 heterocycles. The summed E-state index contributed by atoms with van der Waals surface area (Å²) in [6.45, 7) is 2.07. The fourth-order valence-electron chi connectivity index (χ4n) is 2.62. The molecule has 1 aliphatic rings. The lowest BCUT2D eigenvalue weighted by molar-refractivity contribution is -0.0509. The van der Waals surface area contributed by atoms with Crippen LogP contribution in [0.4, 0.5) is 5.69 Å². The summed E-state index contributed by atoms with van der Waals surface area (Å²) in [6, 6.07) is 8.92. The molecule has 27 heavy (non-hydrogen) atoms. The van der Waals surface area contributed by atoms with Crippen molar-refractivity contribution in [1.29, 1.82) is 0 Å². The second-order valence-corrected chi connectivity index (χ2v) is 6.06. The smallest absolute Gasteiger partial charge is 0.339 e. The van der Waals surface area contributed by atoms with Crippen LogP contribution in [0.2, 0.25) is 5.02 Å². The summed E-state index contributed by atoms with van der Waals surface area (Å²) >= 11 is 5.97. The number of aromatic hydroxyl groups is 1. The number of ether oxygens (including phenoxy) is 2. The molecule has 2 aromatic carbocycles. The minimum absolute atomic E-state index is 0.127. The molecule has 8 heteroatoms. The van der Waals surface area contributed by atoms with E-state index in [0.717, 1.165) is 0 Å². The molecule has 140 valence electrons. The third kappa shape index (κ3) is 3.74. The molecule has 3 rings (SSSR count). The van der Waals surface area contributed by atoms with Crippen molar-refractivity contribution < 1.29 is 29.3 Å². The number of carbonyl (C=O) groups excluding carboxylic acids is 1. The van der Waals surface area contributed by atoms with Gasteiger partial charge in [0.1, 0.15) is 11.3 Å². The minimum Gasteiger partial charge on any atom is -0.505 e. The molecular formula is C19H16ClNO6. The van der Waals surface area contributed by atoms with Crippen molar-refractivity contribution in [2.45, 2.75) is 13.2 Å². The van der Waals surface area contributed by atoms with Crippen LogP contribution in [0, 0.1) is 0 Å². The zero-order valence-corrected chi connectivity index (χ0v) is 15.0. The van der Waals surface area contributed by atoms with Crippen LogP contribution in [0.15, 0.2) is 48.2 Å². The van der Waals surface area contributed by atoms with Crippen LogP contribution in [-0.4, -0.2) is 34.9 Å². The van der Waals surface area contributed by atoms with Gasteiger partial charge in [0, 0.05) is 17.8 Å². The number of hydrogen-bond donors (Lipinski definition) is 3. The third-order valence-electron chi connectivity index (χ3n) is 3.90. The van der Waals surface area contributed by atoms with E-state index in [1.54, 1.807) is 19.1 Å². The summed E-state index contributed by atoms with van der Waals surface area (Å²) in [6.07, 6.45) is 0.376. The summed E-state index contributed by atoms with van der Waals surface area (Å²) in [7, 11) is 0. The Bertz CT molecular complexity index is 940. The second kappa shape index (κ2) is 7.69. The predicted octanol–water partition coefficient (Wildman–Crippen LogP) is 3.68. The van der Waals surface area contributed by atoms with Crippen molar-refractivity contribution in [1.82, 2.24) is 0 Å². The number of carbonyl (C=O) groups is 2. The lowest BCUT2D eigenvalue weighted by atomic mass is 10.00. The fourth-order valence-corrected chi connectivity index (χ4v) is 2.79. The van der Waals surface area contributed by atoms with Crippen LogP contribution < -0.4 is 10.1 Å². The Balaban J connectivity index is 1.97. The number of nitrogens with one attached hydrogen (secondary N) is 1. The Kier molecular flexibility index (Phi) is 5.34. The maximum absolute atomic E-state index is 12.9. The molecule has 0 aromatic heterocycles. The molecular weight excluding hydrogens is 374 g/mol. The summed E-state index contributed by atoms with van der Waals surface area (Å²) in [5, 5.41) is 22.3.